The molecule has 26 heavy (non-hydrogen) atoms. The zero-order valence-electron chi connectivity index (χ0n) is 14.4. The normalized spacial score (nSPS) is 10.2. The van der Waals surface area contributed by atoms with Gasteiger partial charge in [-0.05, 0) is 42.8 Å². The van der Waals surface area contributed by atoms with Crippen molar-refractivity contribution in [3.63, 3.8) is 0 Å². The molecule has 0 bridgehead atoms. The highest BCUT2D eigenvalue weighted by Crippen LogP contribution is 2.21. The largest absolute Gasteiger partial charge is 0.482 e. The molecule has 5 nitrogen and oxygen atoms in total. The lowest BCUT2D eigenvalue weighted by molar-refractivity contribution is -0.150. The van der Waals surface area contributed by atoms with E-state index in [9.17, 15) is 9.59 Å². The molecule has 2 rings (SSSR count). The molecule has 0 aromatic heterocycles. The number of thioether (sulfide) groups is 1. The number of amides is 1. The van der Waals surface area contributed by atoms with Gasteiger partial charge in [-0.2, -0.15) is 0 Å². The first-order valence-electron chi connectivity index (χ1n) is 8.04. The third kappa shape index (κ3) is 7.37. The Morgan fingerprint density at radius 2 is 1.88 bits per heavy atom. The summed E-state index contributed by atoms with van der Waals surface area (Å²) in [4.78, 5) is 24.4. The third-order valence-corrected chi connectivity index (χ3v) is 4.72. The molecular weight excluding hydrogens is 374 g/mol. The molecule has 0 saturated carbocycles. The van der Waals surface area contributed by atoms with E-state index >= 15 is 0 Å². The van der Waals surface area contributed by atoms with Gasteiger partial charge in [-0.3, -0.25) is 4.79 Å². The number of carbonyl (C=O) groups excluding carboxylic acids is 2. The van der Waals surface area contributed by atoms with Crippen LogP contribution in [0.3, 0.4) is 0 Å². The lowest BCUT2D eigenvalue weighted by Crippen LogP contribution is -2.31. The molecule has 138 valence electrons. The smallest absolute Gasteiger partial charge is 0.344 e. The van der Waals surface area contributed by atoms with Gasteiger partial charge in [0.15, 0.2) is 13.2 Å². The molecular formula is C19H20ClNO4S. The Morgan fingerprint density at radius 3 is 2.62 bits per heavy atom. The number of hydrogen-bond donors (Lipinski definition) is 1. The average molecular weight is 394 g/mol. The second kappa shape index (κ2) is 10.7. The van der Waals surface area contributed by atoms with Crippen LogP contribution in [-0.4, -0.2) is 37.4 Å². The maximum atomic E-state index is 11.7. The van der Waals surface area contributed by atoms with Crippen LogP contribution in [0.2, 0.25) is 5.02 Å². The number of nitrogens with one attached hydrogen (secondary N) is 1. The van der Waals surface area contributed by atoms with E-state index < -0.39 is 5.97 Å². The predicted octanol–water partition coefficient (Wildman–Crippen LogP) is 3.48. The molecule has 0 atom stereocenters. The summed E-state index contributed by atoms with van der Waals surface area (Å²) in [7, 11) is 0. The first-order chi connectivity index (χ1) is 12.5. The summed E-state index contributed by atoms with van der Waals surface area (Å²) in [5.74, 6) is 0.315. The summed E-state index contributed by atoms with van der Waals surface area (Å²) in [5.41, 5.74) is 0.852. The summed E-state index contributed by atoms with van der Waals surface area (Å²) in [6.45, 7) is 1.75. The summed E-state index contributed by atoms with van der Waals surface area (Å²) >= 11 is 7.56. The molecule has 1 N–H and O–H groups in total. The summed E-state index contributed by atoms with van der Waals surface area (Å²) in [6.07, 6.45) is 0. The molecule has 0 radical (unpaired) electrons. The second-order valence-corrected chi connectivity index (χ2v) is 6.95. The first-order valence-corrected chi connectivity index (χ1v) is 9.40. The van der Waals surface area contributed by atoms with Crippen LogP contribution in [0.25, 0.3) is 0 Å². The minimum absolute atomic E-state index is 0.266. The number of esters is 1. The average Bonchev–Trinajstić information content (AvgIpc) is 2.65. The fraction of sp³-hybridized carbons (Fsp3) is 0.263. The van der Waals surface area contributed by atoms with Crippen molar-refractivity contribution >= 4 is 35.2 Å². The topological polar surface area (TPSA) is 64.6 Å². The van der Waals surface area contributed by atoms with Crippen molar-refractivity contribution in [2.75, 3.05) is 25.5 Å². The molecule has 2 aromatic rings. The Labute approximate surface area is 162 Å². The van der Waals surface area contributed by atoms with E-state index in [0.717, 1.165) is 16.2 Å². The van der Waals surface area contributed by atoms with Crippen LogP contribution in [0.1, 0.15) is 5.56 Å². The van der Waals surface area contributed by atoms with Crippen molar-refractivity contribution in [3.05, 3.63) is 59.1 Å². The van der Waals surface area contributed by atoms with E-state index in [1.54, 1.807) is 30.0 Å². The van der Waals surface area contributed by atoms with Gasteiger partial charge in [0.1, 0.15) is 5.75 Å². The minimum Gasteiger partial charge on any atom is -0.482 e. The number of rotatable bonds is 9. The Hall–Kier alpha value is -2.18. The first kappa shape index (κ1) is 20.1. The Balaban J connectivity index is 1.57. The number of hydrogen-bond acceptors (Lipinski definition) is 5. The number of benzene rings is 2. The fourth-order valence-electron chi connectivity index (χ4n) is 1.96. The van der Waals surface area contributed by atoms with Gasteiger partial charge in [-0.1, -0.05) is 29.8 Å². The quantitative estimate of drug-likeness (QED) is 0.401. The number of carbonyl (C=O) groups is 2. The van der Waals surface area contributed by atoms with E-state index in [-0.39, 0.29) is 19.1 Å². The van der Waals surface area contributed by atoms with Gasteiger partial charge in [0, 0.05) is 22.2 Å². The van der Waals surface area contributed by atoms with Crippen molar-refractivity contribution in [2.24, 2.45) is 0 Å². The van der Waals surface area contributed by atoms with Crippen LogP contribution in [0.5, 0.6) is 5.75 Å². The molecule has 7 heteroatoms. The van der Waals surface area contributed by atoms with Gasteiger partial charge in [-0.25, -0.2) is 4.79 Å². The van der Waals surface area contributed by atoms with Crippen molar-refractivity contribution in [1.29, 1.82) is 0 Å². The summed E-state index contributed by atoms with van der Waals surface area (Å²) < 4.78 is 10.2. The van der Waals surface area contributed by atoms with Crippen molar-refractivity contribution in [1.82, 2.24) is 5.32 Å². The molecule has 0 saturated heterocycles. The van der Waals surface area contributed by atoms with Crippen LogP contribution in [0.15, 0.2) is 53.4 Å². The zero-order chi connectivity index (χ0) is 18.8. The van der Waals surface area contributed by atoms with E-state index in [2.05, 4.69) is 5.32 Å². The van der Waals surface area contributed by atoms with Crippen molar-refractivity contribution in [2.45, 2.75) is 11.8 Å². The Morgan fingerprint density at radius 1 is 1.12 bits per heavy atom. The molecule has 0 heterocycles. The molecule has 0 aliphatic heterocycles. The zero-order valence-corrected chi connectivity index (χ0v) is 15.9. The van der Waals surface area contributed by atoms with E-state index in [1.165, 1.54) is 0 Å². The summed E-state index contributed by atoms with van der Waals surface area (Å²) in [5, 5.41) is 3.33. The standard InChI is InChI=1S/C19H20ClNO4S/c1-14-11-15(7-8-17(14)20)24-13-19(23)25-12-18(22)21-9-10-26-16-5-3-2-4-6-16/h2-8,11H,9-10,12-13H2,1H3,(H,21,22). The predicted molar refractivity (Wildman–Crippen MR) is 103 cm³/mol. The van der Waals surface area contributed by atoms with Gasteiger partial charge < -0.3 is 14.8 Å². The molecule has 0 fully saturated rings. The third-order valence-electron chi connectivity index (χ3n) is 3.29. The van der Waals surface area contributed by atoms with Crippen LogP contribution >= 0.6 is 23.4 Å². The van der Waals surface area contributed by atoms with E-state index in [1.807, 2.05) is 37.3 Å². The molecule has 0 aliphatic rings. The van der Waals surface area contributed by atoms with Crippen LogP contribution in [0, 0.1) is 6.92 Å². The SMILES string of the molecule is Cc1cc(OCC(=O)OCC(=O)NCCSc2ccccc2)ccc1Cl. The molecule has 0 spiro atoms. The second-order valence-electron chi connectivity index (χ2n) is 5.37. The minimum atomic E-state index is -0.605. The van der Waals surface area contributed by atoms with Crippen molar-refractivity contribution in [3.8, 4) is 5.75 Å². The highest BCUT2D eigenvalue weighted by atomic mass is 35.5. The molecule has 0 aliphatic carbocycles. The monoisotopic (exact) mass is 393 g/mol. The van der Waals surface area contributed by atoms with Crippen molar-refractivity contribution < 1.29 is 19.1 Å². The van der Waals surface area contributed by atoms with Gasteiger partial charge in [0.25, 0.3) is 5.91 Å². The van der Waals surface area contributed by atoms with E-state index in [0.29, 0.717) is 17.3 Å². The van der Waals surface area contributed by atoms with Crippen LogP contribution < -0.4 is 10.1 Å². The van der Waals surface area contributed by atoms with Crippen LogP contribution in [0.4, 0.5) is 0 Å². The molecule has 0 unspecified atom stereocenters. The van der Waals surface area contributed by atoms with Gasteiger partial charge in [0.2, 0.25) is 0 Å². The van der Waals surface area contributed by atoms with Gasteiger partial charge in [-0.15, -0.1) is 11.8 Å². The van der Waals surface area contributed by atoms with Crippen LogP contribution in [-0.2, 0) is 14.3 Å². The lowest BCUT2D eigenvalue weighted by atomic mass is 10.2. The number of ether oxygens (including phenoxy) is 2. The molecule has 1 amide bonds. The Kier molecular flexibility index (Phi) is 8.31. The highest BCUT2D eigenvalue weighted by Gasteiger charge is 2.09. The maximum absolute atomic E-state index is 11.7. The van der Waals surface area contributed by atoms with Gasteiger partial charge in [0.05, 0.1) is 0 Å². The highest BCUT2D eigenvalue weighted by molar-refractivity contribution is 7.99. The number of halogens is 1. The lowest BCUT2D eigenvalue weighted by Gasteiger charge is -2.08. The maximum Gasteiger partial charge on any atom is 0.344 e. The molecule has 2 aromatic carbocycles. The van der Waals surface area contributed by atoms with E-state index in [4.69, 9.17) is 21.1 Å². The fourth-order valence-corrected chi connectivity index (χ4v) is 2.87. The number of aryl methyl sites for hydroxylation is 1. The van der Waals surface area contributed by atoms with Gasteiger partial charge >= 0.3 is 5.97 Å². The Bertz CT molecular complexity index is 740. The summed E-state index contributed by atoms with van der Waals surface area (Å²) in [6, 6.07) is 15.0.